The van der Waals surface area contributed by atoms with Gasteiger partial charge in [0.25, 0.3) is 5.91 Å². The summed E-state index contributed by atoms with van der Waals surface area (Å²) in [6.07, 6.45) is 6.53. The highest BCUT2D eigenvalue weighted by Crippen LogP contribution is 2.54. The highest BCUT2D eigenvalue weighted by atomic mass is 16.3. The number of carbonyl (C=O) groups is 1. The lowest BCUT2D eigenvalue weighted by Gasteiger charge is -2.37. The van der Waals surface area contributed by atoms with Gasteiger partial charge in [-0.25, -0.2) is 9.97 Å². The summed E-state index contributed by atoms with van der Waals surface area (Å²) in [7, 11) is 0. The van der Waals surface area contributed by atoms with Gasteiger partial charge < -0.3 is 30.6 Å². The van der Waals surface area contributed by atoms with Crippen LogP contribution in [0, 0.1) is 5.41 Å². The number of aliphatic hydroxyl groups is 2. The molecule has 9 heteroatoms. The molecule has 9 nitrogen and oxygen atoms in total. The Morgan fingerprint density at radius 3 is 2.43 bits per heavy atom. The van der Waals surface area contributed by atoms with E-state index in [1.54, 1.807) is 18.2 Å². The van der Waals surface area contributed by atoms with Crippen LogP contribution < -0.4 is 20.4 Å². The Kier molecular flexibility index (Phi) is 6.79. The molecule has 2 saturated heterocycles. The number of carbonyl (C=O) groups excluding carboxylic acids is 1. The zero-order valence-electron chi connectivity index (χ0n) is 22.3. The highest BCUT2D eigenvalue weighted by Gasteiger charge is 2.45. The summed E-state index contributed by atoms with van der Waals surface area (Å²) in [5.41, 5.74) is -0.255. The van der Waals surface area contributed by atoms with Gasteiger partial charge in [0.05, 0.1) is 23.3 Å². The molecule has 1 saturated carbocycles. The number of nitrogens with zero attached hydrogens (tertiary/aromatic N) is 4. The molecule has 3 fully saturated rings. The molecule has 5 rings (SSSR count). The molecule has 2 aromatic heterocycles. The fourth-order valence-electron chi connectivity index (χ4n) is 5.46. The van der Waals surface area contributed by atoms with Gasteiger partial charge in [0.1, 0.15) is 23.3 Å². The molecule has 2 aliphatic heterocycles. The van der Waals surface area contributed by atoms with Crippen LogP contribution in [0.2, 0.25) is 0 Å². The summed E-state index contributed by atoms with van der Waals surface area (Å²) in [5, 5.41) is 26.5. The number of aromatic nitrogens is 2. The SMILES string of the molecule is CC1(O)CCCN(c2cccc(NC(=O)c3ccc(NC(C)(C)CO)nc3N3CCC4(CC3)CC4)n2)C1. The molecule has 2 aromatic rings. The third-order valence-corrected chi connectivity index (χ3v) is 8.04. The van der Waals surface area contributed by atoms with Crippen LogP contribution >= 0.6 is 0 Å². The van der Waals surface area contributed by atoms with E-state index in [-0.39, 0.29) is 12.5 Å². The van der Waals surface area contributed by atoms with Crippen LogP contribution in [0.4, 0.5) is 23.3 Å². The highest BCUT2D eigenvalue weighted by molar-refractivity contribution is 6.07. The van der Waals surface area contributed by atoms with Crippen molar-refractivity contribution in [2.75, 3.05) is 53.2 Å². The second-order valence-electron chi connectivity index (χ2n) is 12.1. The molecule has 4 heterocycles. The lowest BCUT2D eigenvalue weighted by atomic mass is 9.93. The number of amides is 1. The normalized spacial score (nSPS) is 23.2. The fourth-order valence-corrected chi connectivity index (χ4v) is 5.46. The second kappa shape index (κ2) is 9.76. The number of piperidine rings is 2. The largest absolute Gasteiger partial charge is 0.394 e. The molecule has 3 aliphatic rings. The third kappa shape index (κ3) is 5.99. The van der Waals surface area contributed by atoms with Crippen LogP contribution in [0.1, 0.15) is 69.7 Å². The Morgan fingerprint density at radius 2 is 1.76 bits per heavy atom. The van der Waals surface area contributed by atoms with Crippen LogP contribution in [0.5, 0.6) is 0 Å². The van der Waals surface area contributed by atoms with Crippen molar-refractivity contribution in [2.45, 2.75) is 70.4 Å². The van der Waals surface area contributed by atoms with Crippen molar-refractivity contribution in [3.63, 3.8) is 0 Å². The van der Waals surface area contributed by atoms with Crippen molar-refractivity contribution in [3.8, 4) is 0 Å². The monoisotopic (exact) mass is 508 g/mol. The summed E-state index contributed by atoms with van der Waals surface area (Å²) in [6, 6.07) is 9.18. The molecule has 0 bridgehead atoms. The van der Waals surface area contributed by atoms with E-state index >= 15 is 0 Å². The first-order chi connectivity index (χ1) is 17.6. The Hall–Kier alpha value is -2.91. The van der Waals surface area contributed by atoms with Gasteiger partial charge in [0.15, 0.2) is 0 Å². The van der Waals surface area contributed by atoms with Gasteiger partial charge in [0.2, 0.25) is 0 Å². The molecule has 4 N–H and O–H groups in total. The van der Waals surface area contributed by atoms with Gasteiger partial charge in [-0.2, -0.15) is 0 Å². The molecule has 37 heavy (non-hydrogen) atoms. The quantitative estimate of drug-likeness (QED) is 0.448. The summed E-state index contributed by atoms with van der Waals surface area (Å²) < 4.78 is 0. The van der Waals surface area contributed by atoms with E-state index in [9.17, 15) is 15.0 Å². The average molecular weight is 509 g/mol. The number of nitrogens with one attached hydrogen (secondary N) is 2. The van der Waals surface area contributed by atoms with Gasteiger partial charge in [-0.1, -0.05) is 6.07 Å². The number of anilines is 4. The first-order valence-corrected chi connectivity index (χ1v) is 13.5. The topological polar surface area (TPSA) is 114 Å². The Labute approximate surface area is 219 Å². The van der Waals surface area contributed by atoms with E-state index < -0.39 is 11.1 Å². The van der Waals surface area contributed by atoms with Crippen molar-refractivity contribution in [2.24, 2.45) is 5.41 Å². The lowest BCUT2D eigenvalue weighted by Crippen LogP contribution is -2.46. The molecule has 1 amide bonds. The Morgan fingerprint density at radius 1 is 1.00 bits per heavy atom. The van der Waals surface area contributed by atoms with Crippen molar-refractivity contribution in [3.05, 3.63) is 35.9 Å². The average Bonchev–Trinajstić information content (AvgIpc) is 3.62. The molecule has 200 valence electrons. The minimum absolute atomic E-state index is 0.0348. The van der Waals surface area contributed by atoms with Crippen LogP contribution in [-0.2, 0) is 0 Å². The van der Waals surface area contributed by atoms with Gasteiger partial charge in [-0.05, 0) is 89.0 Å². The smallest absolute Gasteiger partial charge is 0.260 e. The summed E-state index contributed by atoms with van der Waals surface area (Å²) in [4.78, 5) is 27.3. The summed E-state index contributed by atoms with van der Waals surface area (Å²) >= 11 is 0. The zero-order valence-corrected chi connectivity index (χ0v) is 22.3. The van der Waals surface area contributed by atoms with Gasteiger partial charge in [0, 0.05) is 26.2 Å². The number of rotatable bonds is 7. The maximum absolute atomic E-state index is 13.5. The summed E-state index contributed by atoms with van der Waals surface area (Å²) in [5.74, 6) is 2.26. The van der Waals surface area contributed by atoms with Crippen LogP contribution in [0.15, 0.2) is 30.3 Å². The van der Waals surface area contributed by atoms with Crippen molar-refractivity contribution >= 4 is 29.2 Å². The molecule has 1 aliphatic carbocycles. The Bertz CT molecular complexity index is 1140. The minimum Gasteiger partial charge on any atom is -0.394 e. The van der Waals surface area contributed by atoms with E-state index in [0.29, 0.717) is 35.0 Å². The predicted molar refractivity (Wildman–Crippen MR) is 146 cm³/mol. The second-order valence-corrected chi connectivity index (χ2v) is 12.1. The predicted octanol–water partition coefficient (Wildman–Crippen LogP) is 3.64. The molecule has 1 atom stereocenters. The van der Waals surface area contributed by atoms with E-state index in [4.69, 9.17) is 4.98 Å². The number of hydrogen-bond donors (Lipinski definition) is 4. The molecule has 0 aromatic carbocycles. The van der Waals surface area contributed by atoms with Crippen LogP contribution in [-0.4, -0.2) is 70.0 Å². The van der Waals surface area contributed by atoms with Gasteiger partial charge in [-0.15, -0.1) is 0 Å². The summed E-state index contributed by atoms with van der Waals surface area (Å²) in [6.45, 7) is 8.73. The molecular weight excluding hydrogens is 468 g/mol. The number of aliphatic hydroxyl groups excluding tert-OH is 1. The lowest BCUT2D eigenvalue weighted by molar-refractivity contribution is 0.0447. The first-order valence-electron chi connectivity index (χ1n) is 13.5. The zero-order chi connectivity index (χ0) is 26.3. The number of pyridine rings is 2. The standard InChI is InChI=1S/C28H40N6O3/c1-26(2,19-35)32-22-9-8-20(24(30-22)33-16-13-28(11-12-28)14-17-33)25(36)31-21-6-4-7-23(29-21)34-15-5-10-27(3,37)18-34/h4,6-9,35,37H,5,10-19H2,1-3H3,(H,30,32)(H,29,31,36). The molecule has 1 spiro atoms. The van der Waals surface area contributed by atoms with Crippen LogP contribution in [0.3, 0.4) is 0 Å². The van der Waals surface area contributed by atoms with E-state index in [1.807, 2.05) is 32.9 Å². The van der Waals surface area contributed by atoms with Crippen molar-refractivity contribution in [1.82, 2.24) is 9.97 Å². The number of β-amino-alcohol motifs (C(OH)–C–C–N with tert-alkyl or cyclic N) is 1. The van der Waals surface area contributed by atoms with E-state index in [0.717, 1.165) is 51.1 Å². The van der Waals surface area contributed by atoms with Crippen molar-refractivity contribution in [1.29, 1.82) is 0 Å². The molecular formula is C28H40N6O3. The van der Waals surface area contributed by atoms with Crippen molar-refractivity contribution < 1.29 is 15.0 Å². The van der Waals surface area contributed by atoms with Crippen LogP contribution in [0.25, 0.3) is 0 Å². The van der Waals surface area contributed by atoms with E-state index in [1.165, 1.54) is 12.8 Å². The van der Waals surface area contributed by atoms with Gasteiger partial charge in [-0.3, -0.25) is 4.79 Å². The molecule has 0 radical (unpaired) electrons. The first kappa shape index (κ1) is 25.7. The molecule has 1 unspecified atom stereocenters. The maximum atomic E-state index is 13.5. The Balaban J connectivity index is 1.37. The third-order valence-electron chi connectivity index (χ3n) is 8.04. The van der Waals surface area contributed by atoms with E-state index in [2.05, 4.69) is 25.4 Å². The van der Waals surface area contributed by atoms with Gasteiger partial charge >= 0.3 is 0 Å². The fraction of sp³-hybridized carbons (Fsp3) is 0.607. The maximum Gasteiger partial charge on any atom is 0.260 e. The number of hydrogen-bond acceptors (Lipinski definition) is 8. The minimum atomic E-state index is -0.742.